The lowest BCUT2D eigenvalue weighted by Gasteiger charge is -2.28. The summed E-state index contributed by atoms with van der Waals surface area (Å²) in [5.41, 5.74) is 2.93. The molecule has 1 fully saturated rings. The normalized spacial score (nSPS) is 14.5. The molecule has 0 saturated carbocycles. The van der Waals surface area contributed by atoms with E-state index in [2.05, 4.69) is 17.0 Å². The first-order chi connectivity index (χ1) is 14.4. The highest BCUT2D eigenvalue weighted by atomic mass is 32.2. The Morgan fingerprint density at radius 3 is 2.43 bits per heavy atom. The monoisotopic (exact) mass is 429 g/mol. The zero-order valence-electron chi connectivity index (χ0n) is 17.8. The van der Waals surface area contributed by atoms with Gasteiger partial charge in [-0.25, -0.2) is 8.42 Å². The van der Waals surface area contributed by atoms with E-state index in [4.69, 9.17) is 0 Å². The lowest BCUT2D eigenvalue weighted by Crippen LogP contribution is -2.46. The van der Waals surface area contributed by atoms with Gasteiger partial charge in [0.05, 0.1) is 4.90 Å². The van der Waals surface area contributed by atoms with Gasteiger partial charge in [0.25, 0.3) is 15.9 Å². The van der Waals surface area contributed by atoms with Crippen molar-refractivity contribution in [3.05, 3.63) is 59.2 Å². The van der Waals surface area contributed by atoms with Crippen molar-refractivity contribution in [3.63, 3.8) is 0 Å². The molecule has 2 aromatic rings. The topological polar surface area (TPSA) is 78.5 Å². The summed E-state index contributed by atoms with van der Waals surface area (Å²) in [5.74, 6) is -0.123. The van der Waals surface area contributed by atoms with Gasteiger partial charge in [-0.15, -0.1) is 0 Å². The summed E-state index contributed by atoms with van der Waals surface area (Å²) in [6.07, 6.45) is 4.50. The summed E-state index contributed by atoms with van der Waals surface area (Å²) in [6, 6.07) is 12.2. The van der Waals surface area contributed by atoms with Gasteiger partial charge < -0.3 is 10.2 Å². The van der Waals surface area contributed by atoms with E-state index in [0.29, 0.717) is 24.3 Å². The van der Waals surface area contributed by atoms with Crippen LogP contribution in [-0.2, 0) is 16.4 Å². The number of carbonyl (C=O) groups excluding carboxylic acids is 1. The fourth-order valence-electron chi connectivity index (χ4n) is 3.57. The highest BCUT2D eigenvalue weighted by molar-refractivity contribution is 7.92. The number of carbonyl (C=O) groups is 1. The average Bonchev–Trinajstić information content (AvgIpc) is 2.75. The molecule has 162 valence electrons. The molecule has 1 amide bonds. The number of nitrogens with zero attached hydrogens (tertiary/aromatic N) is 1. The summed E-state index contributed by atoms with van der Waals surface area (Å²) in [5, 5.41) is 3.22. The van der Waals surface area contributed by atoms with Gasteiger partial charge >= 0.3 is 0 Å². The van der Waals surface area contributed by atoms with Gasteiger partial charge in [0.1, 0.15) is 0 Å². The van der Waals surface area contributed by atoms with E-state index in [-0.39, 0.29) is 10.8 Å². The maximum Gasteiger partial charge on any atom is 0.261 e. The SMILES string of the molecule is CCCCCc1ccc(NS(=O)(=O)c2ccc(C)c(C(=O)N3CCNCC3)c2)cc1. The number of nitrogens with one attached hydrogen (secondary N) is 2. The molecule has 2 aromatic carbocycles. The number of rotatable bonds is 8. The summed E-state index contributed by atoms with van der Waals surface area (Å²) in [7, 11) is -3.78. The first kappa shape index (κ1) is 22.3. The first-order valence-electron chi connectivity index (χ1n) is 10.6. The average molecular weight is 430 g/mol. The molecule has 0 aromatic heterocycles. The van der Waals surface area contributed by atoms with Crippen LogP contribution in [0.15, 0.2) is 47.4 Å². The number of unbranched alkanes of at least 4 members (excludes halogenated alkanes) is 2. The fourth-order valence-corrected chi connectivity index (χ4v) is 4.65. The second kappa shape index (κ2) is 10.1. The van der Waals surface area contributed by atoms with Gasteiger partial charge in [0.2, 0.25) is 0 Å². The van der Waals surface area contributed by atoms with Crippen molar-refractivity contribution in [1.82, 2.24) is 10.2 Å². The highest BCUT2D eigenvalue weighted by Crippen LogP contribution is 2.21. The molecule has 1 aliphatic rings. The Labute approximate surface area is 179 Å². The Balaban J connectivity index is 1.75. The van der Waals surface area contributed by atoms with E-state index in [1.807, 2.05) is 19.1 Å². The van der Waals surface area contributed by atoms with Gasteiger partial charge in [0, 0.05) is 37.4 Å². The number of anilines is 1. The predicted octanol–water partition coefficient (Wildman–Crippen LogP) is 3.57. The zero-order valence-corrected chi connectivity index (χ0v) is 18.6. The van der Waals surface area contributed by atoms with Crippen LogP contribution in [0.2, 0.25) is 0 Å². The van der Waals surface area contributed by atoms with E-state index in [9.17, 15) is 13.2 Å². The number of amides is 1. The fraction of sp³-hybridized carbons (Fsp3) is 0.435. The smallest absolute Gasteiger partial charge is 0.261 e. The molecule has 0 aliphatic carbocycles. The molecule has 0 atom stereocenters. The summed E-state index contributed by atoms with van der Waals surface area (Å²) < 4.78 is 28.5. The molecule has 0 unspecified atom stereocenters. The molecule has 1 aliphatic heterocycles. The Morgan fingerprint density at radius 2 is 1.77 bits per heavy atom. The minimum Gasteiger partial charge on any atom is -0.336 e. The second-order valence-electron chi connectivity index (χ2n) is 7.78. The molecular weight excluding hydrogens is 398 g/mol. The summed E-state index contributed by atoms with van der Waals surface area (Å²) >= 11 is 0. The Hall–Kier alpha value is -2.38. The first-order valence-corrected chi connectivity index (χ1v) is 12.1. The van der Waals surface area contributed by atoms with Crippen LogP contribution < -0.4 is 10.0 Å². The number of hydrogen-bond donors (Lipinski definition) is 2. The van der Waals surface area contributed by atoms with Crippen LogP contribution >= 0.6 is 0 Å². The van der Waals surface area contributed by atoms with Gasteiger partial charge in [-0.05, 0) is 55.2 Å². The van der Waals surface area contributed by atoms with Crippen LogP contribution in [-0.4, -0.2) is 45.4 Å². The Kier molecular flexibility index (Phi) is 7.50. The summed E-state index contributed by atoms with van der Waals surface area (Å²) in [4.78, 5) is 14.7. The van der Waals surface area contributed by atoms with Crippen molar-refractivity contribution in [3.8, 4) is 0 Å². The zero-order chi connectivity index (χ0) is 21.6. The summed E-state index contributed by atoms with van der Waals surface area (Å²) in [6.45, 7) is 6.75. The Morgan fingerprint density at radius 1 is 1.07 bits per heavy atom. The van der Waals surface area contributed by atoms with Crippen LogP contribution in [0.5, 0.6) is 0 Å². The van der Waals surface area contributed by atoms with Gasteiger partial charge in [-0.2, -0.15) is 0 Å². The van der Waals surface area contributed by atoms with Crippen LogP contribution in [0.1, 0.15) is 47.7 Å². The molecule has 1 heterocycles. The van der Waals surface area contributed by atoms with Crippen molar-refractivity contribution >= 4 is 21.6 Å². The van der Waals surface area contributed by atoms with Crippen molar-refractivity contribution < 1.29 is 13.2 Å². The quantitative estimate of drug-likeness (QED) is 0.629. The highest BCUT2D eigenvalue weighted by Gasteiger charge is 2.22. The second-order valence-corrected chi connectivity index (χ2v) is 9.46. The number of hydrogen-bond acceptors (Lipinski definition) is 4. The number of aryl methyl sites for hydroxylation is 2. The maximum absolute atomic E-state index is 12.9. The van der Waals surface area contributed by atoms with Crippen LogP contribution in [0.3, 0.4) is 0 Å². The van der Waals surface area contributed by atoms with E-state index in [1.54, 1.807) is 29.2 Å². The van der Waals surface area contributed by atoms with E-state index in [1.165, 1.54) is 24.5 Å². The predicted molar refractivity (Wildman–Crippen MR) is 120 cm³/mol. The third kappa shape index (κ3) is 5.61. The molecule has 6 nitrogen and oxygen atoms in total. The van der Waals surface area contributed by atoms with Crippen LogP contribution in [0.25, 0.3) is 0 Å². The largest absolute Gasteiger partial charge is 0.336 e. The van der Waals surface area contributed by atoms with E-state index in [0.717, 1.165) is 31.5 Å². The number of sulfonamides is 1. The molecule has 30 heavy (non-hydrogen) atoms. The van der Waals surface area contributed by atoms with Gasteiger partial charge in [0.15, 0.2) is 0 Å². The maximum atomic E-state index is 12.9. The lowest BCUT2D eigenvalue weighted by molar-refractivity contribution is 0.0735. The molecule has 0 bridgehead atoms. The van der Waals surface area contributed by atoms with Gasteiger partial charge in [-0.3, -0.25) is 9.52 Å². The van der Waals surface area contributed by atoms with Crippen molar-refractivity contribution in [2.45, 2.75) is 44.4 Å². The van der Waals surface area contributed by atoms with Gasteiger partial charge in [-0.1, -0.05) is 38.0 Å². The molecule has 3 rings (SSSR count). The minimum absolute atomic E-state index is 0.0959. The molecule has 0 radical (unpaired) electrons. The standard InChI is InChI=1S/C23H31N3O3S/c1-3-4-5-6-19-8-10-20(11-9-19)25-30(28,29)21-12-7-18(2)22(17-21)23(27)26-15-13-24-14-16-26/h7-12,17,24-25H,3-6,13-16H2,1-2H3. The number of piperazine rings is 1. The third-order valence-corrected chi connectivity index (χ3v) is 6.81. The van der Waals surface area contributed by atoms with E-state index < -0.39 is 10.0 Å². The Bertz CT molecular complexity index is 966. The molecule has 2 N–H and O–H groups in total. The molecule has 7 heteroatoms. The van der Waals surface area contributed by atoms with Crippen LogP contribution in [0, 0.1) is 6.92 Å². The lowest BCUT2D eigenvalue weighted by atomic mass is 10.1. The van der Waals surface area contributed by atoms with Crippen molar-refractivity contribution in [2.75, 3.05) is 30.9 Å². The molecule has 0 spiro atoms. The van der Waals surface area contributed by atoms with Crippen molar-refractivity contribution in [2.24, 2.45) is 0 Å². The molecular formula is C23H31N3O3S. The van der Waals surface area contributed by atoms with Crippen molar-refractivity contribution in [1.29, 1.82) is 0 Å². The third-order valence-electron chi connectivity index (χ3n) is 5.43. The van der Waals surface area contributed by atoms with Crippen LogP contribution in [0.4, 0.5) is 5.69 Å². The minimum atomic E-state index is -3.78. The van der Waals surface area contributed by atoms with E-state index >= 15 is 0 Å². The number of benzene rings is 2. The molecule has 1 saturated heterocycles.